The van der Waals surface area contributed by atoms with Crippen LogP contribution in [0.5, 0.6) is 5.75 Å². The van der Waals surface area contributed by atoms with E-state index < -0.39 is 0 Å². The molecule has 4 heteroatoms. The van der Waals surface area contributed by atoms with Crippen LogP contribution in [0, 0.1) is 5.92 Å². The van der Waals surface area contributed by atoms with Crippen molar-refractivity contribution in [2.75, 3.05) is 13.0 Å². The summed E-state index contributed by atoms with van der Waals surface area (Å²) in [6.07, 6.45) is 0. The lowest BCUT2D eigenvalue weighted by Crippen LogP contribution is -2.14. The Morgan fingerprint density at radius 1 is 1.15 bits per heavy atom. The molecule has 0 atom stereocenters. The summed E-state index contributed by atoms with van der Waals surface area (Å²) in [5.74, 6) is 0.888. The Kier molecular flexibility index (Phi) is 5.04. The Balaban J connectivity index is 2.20. The summed E-state index contributed by atoms with van der Waals surface area (Å²) < 4.78 is 10.4. The lowest BCUT2D eigenvalue weighted by molar-refractivity contribution is -0.137. The number of esters is 1. The number of hydrogen-bond acceptors (Lipinski definition) is 4. The van der Waals surface area contributed by atoms with Gasteiger partial charge in [0.1, 0.15) is 5.75 Å². The fourth-order valence-corrected chi connectivity index (χ4v) is 2.34. The first kappa shape index (κ1) is 14.9. The van der Waals surface area contributed by atoms with Crippen LogP contribution in [0.25, 0.3) is 10.8 Å². The van der Waals surface area contributed by atoms with Gasteiger partial charge < -0.3 is 9.47 Å². The molecule has 0 N–H and O–H groups in total. The fourth-order valence-electron chi connectivity index (χ4n) is 1.72. The number of ether oxygens (including phenoxy) is 2. The maximum atomic E-state index is 11.6. The van der Waals surface area contributed by atoms with E-state index in [0.29, 0.717) is 11.7 Å². The molecule has 0 fully saturated rings. The van der Waals surface area contributed by atoms with E-state index in [1.54, 1.807) is 18.9 Å². The minimum Gasteiger partial charge on any atom is -0.426 e. The average Bonchev–Trinajstić information content (AvgIpc) is 2.44. The van der Waals surface area contributed by atoms with E-state index in [4.69, 9.17) is 9.47 Å². The van der Waals surface area contributed by atoms with E-state index in [9.17, 15) is 4.79 Å². The number of benzene rings is 2. The van der Waals surface area contributed by atoms with Crippen molar-refractivity contribution < 1.29 is 14.3 Å². The molecule has 0 aliphatic carbocycles. The Labute approximate surface area is 123 Å². The van der Waals surface area contributed by atoms with E-state index in [1.807, 2.05) is 44.2 Å². The molecular weight excluding hydrogens is 272 g/mol. The van der Waals surface area contributed by atoms with Crippen LogP contribution in [0.2, 0.25) is 0 Å². The number of fused-ring (bicyclic) bond motifs is 1. The van der Waals surface area contributed by atoms with Gasteiger partial charge in [0.25, 0.3) is 0 Å². The quantitative estimate of drug-likeness (QED) is 0.359. The third-order valence-electron chi connectivity index (χ3n) is 2.82. The molecule has 0 aliphatic rings. The van der Waals surface area contributed by atoms with Gasteiger partial charge in [0.05, 0.1) is 11.9 Å². The predicted octanol–water partition coefficient (Wildman–Crippen LogP) is 4.10. The van der Waals surface area contributed by atoms with Gasteiger partial charge in [-0.1, -0.05) is 37.7 Å². The summed E-state index contributed by atoms with van der Waals surface area (Å²) in [6.45, 7) is 3.64. The van der Waals surface area contributed by atoms with Gasteiger partial charge in [-0.2, -0.15) is 0 Å². The normalized spacial score (nSPS) is 11.0. The molecule has 0 radical (unpaired) electrons. The van der Waals surface area contributed by atoms with Gasteiger partial charge in [0.15, 0.2) is 0 Å². The largest absolute Gasteiger partial charge is 0.426 e. The second kappa shape index (κ2) is 6.77. The van der Waals surface area contributed by atoms with Crippen LogP contribution in [0.3, 0.4) is 0 Å². The van der Waals surface area contributed by atoms with Gasteiger partial charge in [-0.05, 0) is 35.0 Å². The number of rotatable bonds is 5. The van der Waals surface area contributed by atoms with Crippen molar-refractivity contribution in [3.05, 3.63) is 36.4 Å². The summed E-state index contributed by atoms with van der Waals surface area (Å²) in [5, 5.41) is 2.18. The second-order valence-corrected chi connectivity index (χ2v) is 5.79. The standard InChI is InChI=1S/C16H18O3S/c1-11(2)16(17)19-14-6-4-13-9-15(20-10-18-3)7-5-12(13)8-14/h4-9,11H,10H2,1-3H3. The van der Waals surface area contributed by atoms with Crippen LogP contribution in [0.1, 0.15) is 13.8 Å². The number of hydrogen-bond donors (Lipinski definition) is 0. The number of thioether (sulfide) groups is 1. The van der Waals surface area contributed by atoms with Crippen molar-refractivity contribution in [2.24, 2.45) is 5.92 Å². The fraction of sp³-hybridized carbons (Fsp3) is 0.312. The Bertz CT molecular complexity index is 608. The molecule has 2 rings (SSSR count). The molecule has 0 saturated heterocycles. The summed E-state index contributed by atoms with van der Waals surface area (Å²) in [4.78, 5) is 12.7. The molecule has 106 valence electrons. The number of carbonyl (C=O) groups excluding carboxylic acids is 1. The summed E-state index contributed by atoms with van der Waals surface area (Å²) in [7, 11) is 1.68. The Morgan fingerprint density at radius 2 is 1.85 bits per heavy atom. The van der Waals surface area contributed by atoms with Crippen LogP contribution in [-0.2, 0) is 9.53 Å². The maximum Gasteiger partial charge on any atom is 0.313 e. The highest BCUT2D eigenvalue weighted by Crippen LogP contribution is 2.26. The van der Waals surface area contributed by atoms with E-state index in [2.05, 4.69) is 6.07 Å². The SMILES string of the molecule is COCSc1ccc2cc(OC(=O)C(C)C)ccc2c1. The molecule has 2 aromatic rings. The van der Waals surface area contributed by atoms with Crippen LogP contribution < -0.4 is 4.74 Å². The minimum absolute atomic E-state index is 0.126. The maximum absolute atomic E-state index is 11.6. The molecule has 0 heterocycles. The predicted molar refractivity (Wildman–Crippen MR) is 82.2 cm³/mol. The van der Waals surface area contributed by atoms with Gasteiger partial charge in [0.2, 0.25) is 0 Å². The van der Waals surface area contributed by atoms with Gasteiger partial charge in [0, 0.05) is 12.0 Å². The third kappa shape index (κ3) is 3.74. The molecule has 2 aromatic carbocycles. The van der Waals surface area contributed by atoms with Crippen LogP contribution in [-0.4, -0.2) is 19.0 Å². The van der Waals surface area contributed by atoms with E-state index in [-0.39, 0.29) is 11.9 Å². The molecule has 0 aromatic heterocycles. The highest BCUT2D eigenvalue weighted by Gasteiger charge is 2.10. The van der Waals surface area contributed by atoms with Crippen LogP contribution in [0.15, 0.2) is 41.3 Å². The van der Waals surface area contributed by atoms with Gasteiger partial charge >= 0.3 is 5.97 Å². The van der Waals surface area contributed by atoms with Gasteiger partial charge in [-0.3, -0.25) is 4.79 Å². The monoisotopic (exact) mass is 290 g/mol. The molecule has 20 heavy (non-hydrogen) atoms. The first-order valence-electron chi connectivity index (χ1n) is 6.47. The lowest BCUT2D eigenvalue weighted by atomic mass is 10.1. The van der Waals surface area contributed by atoms with Crippen molar-refractivity contribution in [1.29, 1.82) is 0 Å². The van der Waals surface area contributed by atoms with Crippen LogP contribution >= 0.6 is 11.8 Å². The van der Waals surface area contributed by atoms with Crippen molar-refractivity contribution in [1.82, 2.24) is 0 Å². The molecule has 0 amide bonds. The lowest BCUT2D eigenvalue weighted by Gasteiger charge is -2.08. The highest BCUT2D eigenvalue weighted by atomic mass is 32.2. The minimum atomic E-state index is -0.211. The zero-order chi connectivity index (χ0) is 14.5. The van der Waals surface area contributed by atoms with Gasteiger partial charge in [-0.15, -0.1) is 0 Å². The van der Waals surface area contributed by atoms with Crippen molar-refractivity contribution in [3.8, 4) is 5.75 Å². The Morgan fingerprint density at radius 3 is 2.55 bits per heavy atom. The summed E-state index contributed by atoms with van der Waals surface area (Å²) in [5.41, 5.74) is 0. The summed E-state index contributed by atoms with van der Waals surface area (Å²) >= 11 is 1.65. The zero-order valence-corrected chi connectivity index (χ0v) is 12.7. The molecule has 3 nitrogen and oxygen atoms in total. The Hall–Kier alpha value is -1.52. The van der Waals surface area contributed by atoms with Crippen molar-refractivity contribution in [3.63, 3.8) is 0 Å². The number of methoxy groups -OCH3 is 1. The molecular formula is C16H18O3S. The first-order valence-corrected chi connectivity index (χ1v) is 7.46. The zero-order valence-electron chi connectivity index (χ0n) is 11.9. The smallest absolute Gasteiger partial charge is 0.313 e. The third-order valence-corrected chi connectivity index (χ3v) is 3.76. The van der Waals surface area contributed by atoms with Gasteiger partial charge in [-0.25, -0.2) is 0 Å². The molecule has 0 saturated carbocycles. The highest BCUT2D eigenvalue weighted by molar-refractivity contribution is 7.99. The van der Waals surface area contributed by atoms with Crippen molar-refractivity contribution in [2.45, 2.75) is 18.7 Å². The first-order chi connectivity index (χ1) is 9.60. The summed E-state index contributed by atoms with van der Waals surface area (Å²) in [6, 6.07) is 11.9. The molecule has 0 spiro atoms. The second-order valence-electron chi connectivity index (χ2n) is 4.80. The number of carbonyl (C=O) groups is 1. The van der Waals surface area contributed by atoms with Crippen LogP contribution in [0.4, 0.5) is 0 Å². The average molecular weight is 290 g/mol. The van der Waals surface area contributed by atoms with Crippen molar-refractivity contribution >= 4 is 28.5 Å². The molecule has 0 bridgehead atoms. The van der Waals surface area contributed by atoms with E-state index in [0.717, 1.165) is 15.7 Å². The van der Waals surface area contributed by atoms with E-state index >= 15 is 0 Å². The molecule has 0 aliphatic heterocycles. The van der Waals surface area contributed by atoms with E-state index in [1.165, 1.54) is 0 Å². The molecule has 0 unspecified atom stereocenters. The topological polar surface area (TPSA) is 35.5 Å².